The Morgan fingerprint density at radius 3 is 2.45 bits per heavy atom. The molecule has 0 saturated carbocycles. The molecule has 5 heteroatoms. The van der Waals surface area contributed by atoms with E-state index in [2.05, 4.69) is 15.6 Å². The third-order valence-corrected chi connectivity index (χ3v) is 5.40. The van der Waals surface area contributed by atoms with Crippen LogP contribution in [-0.2, 0) is 16.0 Å². The molecule has 3 aromatic carbocycles. The predicted molar refractivity (Wildman–Crippen MR) is 125 cm³/mol. The second-order valence-electron chi connectivity index (χ2n) is 7.97. The molecule has 0 aliphatic heterocycles. The Kier molecular flexibility index (Phi) is 5.94. The maximum Gasteiger partial charge on any atom is 0.247 e. The third-order valence-electron chi connectivity index (χ3n) is 5.40. The number of benzene rings is 3. The van der Waals surface area contributed by atoms with Gasteiger partial charge in [-0.3, -0.25) is 14.6 Å². The van der Waals surface area contributed by atoms with Gasteiger partial charge in [0.05, 0.1) is 17.6 Å². The first-order chi connectivity index (χ1) is 15.0. The molecule has 4 aromatic rings. The van der Waals surface area contributed by atoms with Crippen LogP contribution in [0.1, 0.15) is 19.4 Å². The highest BCUT2D eigenvalue weighted by Crippen LogP contribution is 2.22. The zero-order valence-electron chi connectivity index (χ0n) is 17.6. The van der Waals surface area contributed by atoms with Crippen LogP contribution >= 0.6 is 0 Å². The first-order valence-corrected chi connectivity index (χ1v) is 10.4. The Morgan fingerprint density at radius 1 is 0.871 bits per heavy atom. The number of hydrogen-bond donors (Lipinski definition) is 2. The summed E-state index contributed by atoms with van der Waals surface area (Å²) in [6.45, 7) is 3.85. The number of nitrogens with zero attached hydrogens (tertiary/aromatic N) is 1. The van der Waals surface area contributed by atoms with Gasteiger partial charge in [-0.1, -0.05) is 62.4 Å². The van der Waals surface area contributed by atoms with Crippen molar-refractivity contribution in [3.8, 4) is 0 Å². The number of hydrogen-bond acceptors (Lipinski definition) is 3. The van der Waals surface area contributed by atoms with Gasteiger partial charge in [-0.15, -0.1) is 0 Å². The predicted octanol–water partition coefficient (Wildman–Crippen LogP) is 4.71. The summed E-state index contributed by atoms with van der Waals surface area (Å²) >= 11 is 0. The van der Waals surface area contributed by atoms with Crippen LogP contribution in [0.25, 0.3) is 21.7 Å². The van der Waals surface area contributed by atoms with Crippen LogP contribution in [0.3, 0.4) is 0 Å². The fourth-order valence-corrected chi connectivity index (χ4v) is 3.80. The summed E-state index contributed by atoms with van der Waals surface area (Å²) in [5, 5.41) is 8.91. The van der Waals surface area contributed by atoms with E-state index in [-0.39, 0.29) is 24.2 Å². The third kappa shape index (κ3) is 4.56. The van der Waals surface area contributed by atoms with Crippen molar-refractivity contribution in [2.75, 3.05) is 5.32 Å². The van der Waals surface area contributed by atoms with Crippen LogP contribution in [0.4, 0.5) is 5.69 Å². The lowest BCUT2D eigenvalue weighted by Gasteiger charge is -2.22. The van der Waals surface area contributed by atoms with E-state index in [1.165, 1.54) is 0 Å². The minimum absolute atomic E-state index is 0.0652. The molecule has 31 heavy (non-hydrogen) atoms. The largest absolute Gasteiger partial charge is 0.344 e. The number of fused-ring (bicyclic) bond motifs is 2. The fourth-order valence-electron chi connectivity index (χ4n) is 3.80. The number of carbonyl (C=O) groups excluding carboxylic acids is 2. The second-order valence-corrected chi connectivity index (χ2v) is 7.97. The smallest absolute Gasteiger partial charge is 0.247 e. The van der Waals surface area contributed by atoms with Crippen LogP contribution in [0.5, 0.6) is 0 Å². The van der Waals surface area contributed by atoms with Crippen molar-refractivity contribution in [2.24, 2.45) is 5.92 Å². The molecular formula is C26H25N3O2. The summed E-state index contributed by atoms with van der Waals surface area (Å²) in [5.41, 5.74) is 2.43. The maximum atomic E-state index is 13.1. The molecule has 0 unspecified atom stereocenters. The van der Waals surface area contributed by atoms with Gasteiger partial charge in [-0.25, -0.2) is 0 Å². The van der Waals surface area contributed by atoms with Crippen LogP contribution in [-0.4, -0.2) is 22.8 Å². The van der Waals surface area contributed by atoms with Gasteiger partial charge in [-0.05, 0) is 46.5 Å². The van der Waals surface area contributed by atoms with Crippen LogP contribution in [0.2, 0.25) is 0 Å². The molecule has 1 aromatic heterocycles. The summed E-state index contributed by atoms with van der Waals surface area (Å²) in [7, 11) is 0. The van der Waals surface area contributed by atoms with Crippen molar-refractivity contribution in [3.63, 3.8) is 0 Å². The van der Waals surface area contributed by atoms with Gasteiger partial charge >= 0.3 is 0 Å². The number of aromatic nitrogens is 1. The Hall–Kier alpha value is -3.73. The van der Waals surface area contributed by atoms with Gasteiger partial charge < -0.3 is 10.6 Å². The van der Waals surface area contributed by atoms with Crippen LogP contribution < -0.4 is 10.6 Å². The van der Waals surface area contributed by atoms with E-state index in [9.17, 15) is 9.59 Å². The van der Waals surface area contributed by atoms with E-state index >= 15 is 0 Å². The van der Waals surface area contributed by atoms with E-state index in [0.29, 0.717) is 5.69 Å². The molecule has 1 heterocycles. The maximum absolute atomic E-state index is 13.1. The van der Waals surface area contributed by atoms with Crippen molar-refractivity contribution >= 4 is 39.2 Å². The van der Waals surface area contributed by atoms with Crippen molar-refractivity contribution in [3.05, 3.63) is 84.6 Å². The first kappa shape index (κ1) is 20.5. The summed E-state index contributed by atoms with van der Waals surface area (Å²) in [6.07, 6.45) is 1.94. The van der Waals surface area contributed by atoms with Crippen LogP contribution in [0.15, 0.2) is 79.0 Å². The molecule has 0 radical (unpaired) electrons. The standard InChI is InChI=1S/C26H25N3O2/c1-17(2)25(26(31)28-23-14-6-13-22-21(23)12-7-15-27-22)29-24(30)16-19-10-5-9-18-8-3-4-11-20(18)19/h3-15,17,25H,16H2,1-2H3,(H,28,31)(H,29,30)/t25-/m0/s1. The van der Waals surface area contributed by atoms with E-state index < -0.39 is 6.04 Å². The Balaban J connectivity index is 1.50. The SMILES string of the molecule is CC(C)[C@H](NC(=O)Cc1cccc2ccccc12)C(=O)Nc1cccc2ncccc12. The molecular weight excluding hydrogens is 386 g/mol. The number of carbonyl (C=O) groups is 2. The fraction of sp³-hybridized carbons (Fsp3) is 0.192. The topological polar surface area (TPSA) is 71.1 Å². The summed E-state index contributed by atoms with van der Waals surface area (Å²) in [5.74, 6) is -0.480. The van der Waals surface area contributed by atoms with E-state index in [0.717, 1.165) is 27.2 Å². The number of pyridine rings is 1. The van der Waals surface area contributed by atoms with Crippen molar-refractivity contribution in [1.29, 1.82) is 0 Å². The zero-order chi connectivity index (χ0) is 21.8. The Morgan fingerprint density at radius 2 is 1.61 bits per heavy atom. The minimum Gasteiger partial charge on any atom is -0.344 e. The van der Waals surface area contributed by atoms with Gasteiger partial charge in [0.1, 0.15) is 6.04 Å². The van der Waals surface area contributed by atoms with Crippen molar-refractivity contribution in [1.82, 2.24) is 10.3 Å². The number of anilines is 1. The molecule has 5 nitrogen and oxygen atoms in total. The number of amides is 2. The van der Waals surface area contributed by atoms with Crippen molar-refractivity contribution < 1.29 is 9.59 Å². The Bertz CT molecular complexity index is 1240. The number of nitrogens with one attached hydrogen (secondary N) is 2. The molecule has 0 saturated heterocycles. The monoisotopic (exact) mass is 411 g/mol. The van der Waals surface area contributed by atoms with Gasteiger partial charge in [-0.2, -0.15) is 0 Å². The highest BCUT2D eigenvalue weighted by atomic mass is 16.2. The highest BCUT2D eigenvalue weighted by Gasteiger charge is 2.25. The lowest BCUT2D eigenvalue weighted by Crippen LogP contribution is -2.47. The summed E-state index contributed by atoms with van der Waals surface area (Å²) in [6, 6.07) is 22.6. The van der Waals surface area contributed by atoms with Gasteiger partial charge in [0.15, 0.2) is 0 Å². The van der Waals surface area contributed by atoms with Gasteiger partial charge in [0.25, 0.3) is 0 Å². The molecule has 0 fully saturated rings. The molecule has 0 aliphatic carbocycles. The zero-order valence-corrected chi connectivity index (χ0v) is 17.6. The van der Waals surface area contributed by atoms with Gasteiger partial charge in [0.2, 0.25) is 11.8 Å². The van der Waals surface area contributed by atoms with E-state index in [4.69, 9.17) is 0 Å². The summed E-state index contributed by atoms with van der Waals surface area (Å²) in [4.78, 5) is 30.2. The molecule has 2 amide bonds. The lowest BCUT2D eigenvalue weighted by molar-refractivity contribution is -0.127. The Labute approximate surface area is 181 Å². The molecule has 0 spiro atoms. The molecule has 2 N–H and O–H groups in total. The average Bonchev–Trinajstić information content (AvgIpc) is 2.78. The molecule has 156 valence electrons. The normalized spacial score (nSPS) is 12.1. The number of rotatable bonds is 6. The first-order valence-electron chi connectivity index (χ1n) is 10.4. The lowest BCUT2D eigenvalue weighted by atomic mass is 10.00. The van der Waals surface area contributed by atoms with E-state index in [1.54, 1.807) is 6.20 Å². The molecule has 0 aliphatic rings. The molecule has 1 atom stereocenters. The van der Waals surface area contributed by atoms with Crippen molar-refractivity contribution in [2.45, 2.75) is 26.3 Å². The van der Waals surface area contributed by atoms with E-state index in [1.807, 2.05) is 86.6 Å². The highest BCUT2D eigenvalue weighted by molar-refractivity contribution is 6.04. The molecule has 4 rings (SSSR count). The average molecular weight is 412 g/mol. The summed E-state index contributed by atoms with van der Waals surface area (Å²) < 4.78 is 0. The van der Waals surface area contributed by atoms with Gasteiger partial charge in [0, 0.05) is 11.6 Å². The second kappa shape index (κ2) is 8.96. The van der Waals surface area contributed by atoms with Crippen LogP contribution in [0, 0.1) is 5.92 Å². The molecule has 0 bridgehead atoms. The minimum atomic E-state index is -0.644. The quantitative estimate of drug-likeness (QED) is 0.483.